The minimum Gasteiger partial charge on any atom is -0.313 e. The Morgan fingerprint density at radius 3 is 3.08 bits per heavy atom. The van der Waals surface area contributed by atoms with Crippen molar-refractivity contribution in [3.05, 3.63) is 34.1 Å². The maximum atomic E-state index is 11.1. The summed E-state index contributed by atoms with van der Waals surface area (Å²) in [6.45, 7) is 5.03. The number of aromatic amines is 1. The molecule has 0 saturated carbocycles. The van der Waals surface area contributed by atoms with Crippen LogP contribution in [-0.2, 0) is 0 Å². The smallest absolute Gasteiger partial charge is 0.258 e. The van der Waals surface area contributed by atoms with E-state index < -0.39 is 0 Å². The third kappa shape index (κ3) is 1.66. The third-order valence-electron chi connectivity index (χ3n) is 1.43. The van der Waals surface area contributed by atoms with Crippen molar-refractivity contribution < 1.29 is 0 Å². The van der Waals surface area contributed by atoms with Gasteiger partial charge in [0, 0.05) is 6.20 Å². The number of H-pyrrole nitrogens is 1. The lowest BCUT2D eigenvalue weighted by molar-refractivity contribution is 1.05. The molecule has 1 rings (SSSR count). The Kier molecular flexibility index (Phi) is 2.53. The summed E-state index contributed by atoms with van der Waals surface area (Å²) in [5.41, 5.74) is 1.03. The van der Waals surface area contributed by atoms with Crippen molar-refractivity contribution in [2.45, 2.75) is 6.92 Å². The molecule has 0 aliphatic rings. The molecule has 0 spiro atoms. The van der Waals surface area contributed by atoms with Crippen molar-refractivity contribution in [3.8, 4) is 0 Å². The van der Waals surface area contributed by atoms with Crippen LogP contribution in [0, 0.1) is 6.92 Å². The molecule has 0 unspecified atom stereocenters. The molecule has 0 bridgehead atoms. The lowest BCUT2D eigenvalue weighted by Crippen LogP contribution is -2.11. The maximum Gasteiger partial charge on any atom is 0.258 e. The summed E-state index contributed by atoms with van der Waals surface area (Å²) < 4.78 is 0. The highest BCUT2D eigenvalue weighted by Crippen LogP contribution is 1.98. The number of aryl methyl sites for hydroxylation is 1. The molecule has 0 saturated heterocycles. The Balaban J connectivity index is 3.21. The predicted molar refractivity (Wildman–Crippen MR) is 48.2 cm³/mol. The van der Waals surface area contributed by atoms with E-state index in [-0.39, 0.29) is 5.56 Å². The highest BCUT2D eigenvalue weighted by atomic mass is 16.1. The van der Waals surface area contributed by atoms with Crippen molar-refractivity contribution in [3.63, 3.8) is 0 Å². The largest absolute Gasteiger partial charge is 0.313 e. The first kappa shape index (κ1) is 8.39. The van der Waals surface area contributed by atoms with E-state index in [0.717, 1.165) is 0 Å². The minimum atomic E-state index is -0.164. The lowest BCUT2D eigenvalue weighted by atomic mass is 10.2. The molecule has 0 fully saturated rings. The molecular formula is C8H9N3O. The van der Waals surface area contributed by atoms with Gasteiger partial charge < -0.3 is 4.98 Å². The van der Waals surface area contributed by atoms with Crippen LogP contribution >= 0.6 is 0 Å². The van der Waals surface area contributed by atoms with E-state index in [9.17, 15) is 4.79 Å². The fourth-order valence-corrected chi connectivity index (χ4v) is 0.823. The average Bonchev–Trinajstić information content (AvgIpc) is 2.04. The van der Waals surface area contributed by atoms with Crippen molar-refractivity contribution >= 4 is 12.8 Å². The number of aliphatic imine (C=N–C) groups is 1. The van der Waals surface area contributed by atoms with E-state index in [2.05, 4.69) is 21.7 Å². The number of hydrogen-bond acceptors (Lipinski definition) is 3. The van der Waals surface area contributed by atoms with Gasteiger partial charge in [-0.15, -0.1) is 0 Å². The van der Waals surface area contributed by atoms with E-state index in [1.165, 1.54) is 12.5 Å². The molecule has 62 valence electrons. The van der Waals surface area contributed by atoms with Crippen LogP contribution in [0.25, 0.3) is 6.08 Å². The SMILES string of the molecule is C=N/C=C\c1c(C)nc[nH]c1=O. The Morgan fingerprint density at radius 1 is 1.75 bits per heavy atom. The van der Waals surface area contributed by atoms with Gasteiger partial charge in [0.25, 0.3) is 5.56 Å². The molecule has 12 heavy (non-hydrogen) atoms. The Hall–Kier alpha value is -1.71. The van der Waals surface area contributed by atoms with Crippen LogP contribution in [0.15, 0.2) is 22.3 Å². The van der Waals surface area contributed by atoms with E-state index in [0.29, 0.717) is 11.3 Å². The second kappa shape index (κ2) is 3.61. The molecule has 4 nitrogen and oxygen atoms in total. The Labute approximate surface area is 69.7 Å². The van der Waals surface area contributed by atoms with Gasteiger partial charge in [-0.1, -0.05) is 0 Å². The highest BCUT2D eigenvalue weighted by molar-refractivity contribution is 5.50. The molecule has 1 aromatic heterocycles. The number of nitrogens with zero attached hydrogens (tertiary/aromatic N) is 2. The van der Waals surface area contributed by atoms with Gasteiger partial charge in [-0.2, -0.15) is 0 Å². The number of aromatic nitrogens is 2. The van der Waals surface area contributed by atoms with Crippen molar-refractivity contribution in [2.75, 3.05) is 0 Å². The monoisotopic (exact) mass is 163 g/mol. The fourth-order valence-electron chi connectivity index (χ4n) is 0.823. The summed E-state index contributed by atoms with van der Waals surface area (Å²) in [6.07, 6.45) is 4.41. The summed E-state index contributed by atoms with van der Waals surface area (Å²) in [6, 6.07) is 0. The standard InChI is InChI=1S/C8H9N3O/c1-6-7(3-4-9-2)8(12)11-5-10-6/h3-5H,2H2,1H3,(H,10,11,12)/b4-3-. The van der Waals surface area contributed by atoms with Crippen LogP contribution in [0.4, 0.5) is 0 Å². The molecule has 0 amide bonds. The summed E-state index contributed by atoms with van der Waals surface area (Å²) in [5, 5.41) is 0. The minimum absolute atomic E-state index is 0.164. The van der Waals surface area contributed by atoms with Crippen LogP contribution in [0.2, 0.25) is 0 Å². The number of nitrogens with one attached hydrogen (secondary N) is 1. The third-order valence-corrected chi connectivity index (χ3v) is 1.43. The summed E-state index contributed by atoms with van der Waals surface area (Å²) in [7, 11) is 0. The topological polar surface area (TPSA) is 58.1 Å². The van der Waals surface area contributed by atoms with Crippen LogP contribution < -0.4 is 5.56 Å². The van der Waals surface area contributed by atoms with E-state index in [1.54, 1.807) is 13.0 Å². The van der Waals surface area contributed by atoms with Gasteiger partial charge in [0.15, 0.2) is 0 Å². The Bertz CT molecular complexity index is 365. The Morgan fingerprint density at radius 2 is 2.50 bits per heavy atom. The van der Waals surface area contributed by atoms with Gasteiger partial charge in [0.05, 0.1) is 17.6 Å². The predicted octanol–water partition coefficient (Wildman–Crippen LogP) is 0.750. The zero-order valence-electron chi connectivity index (χ0n) is 6.74. The van der Waals surface area contributed by atoms with Crippen LogP contribution in [0.1, 0.15) is 11.3 Å². The number of rotatable bonds is 2. The van der Waals surface area contributed by atoms with Gasteiger partial charge >= 0.3 is 0 Å². The molecule has 1 N–H and O–H groups in total. The molecule has 0 aliphatic carbocycles. The first-order valence-corrected chi connectivity index (χ1v) is 3.42. The van der Waals surface area contributed by atoms with Crippen LogP contribution in [0.3, 0.4) is 0 Å². The molecule has 0 aliphatic heterocycles. The lowest BCUT2D eigenvalue weighted by Gasteiger charge is -1.94. The van der Waals surface area contributed by atoms with Crippen molar-refractivity contribution in [2.24, 2.45) is 4.99 Å². The van der Waals surface area contributed by atoms with Gasteiger partial charge in [-0.25, -0.2) is 4.98 Å². The molecule has 0 atom stereocenters. The molecule has 4 heteroatoms. The molecular weight excluding hydrogens is 154 g/mol. The molecule has 1 heterocycles. The molecule has 0 radical (unpaired) electrons. The molecule has 1 aromatic rings. The second-order valence-corrected chi connectivity index (χ2v) is 2.23. The van der Waals surface area contributed by atoms with Crippen LogP contribution in [-0.4, -0.2) is 16.7 Å². The van der Waals surface area contributed by atoms with E-state index >= 15 is 0 Å². The fraction of sp³-hybridized carbons (Fsp3) is 0.125. The van der Waals surface area contributed by atoms with Gasteiger partial charge in [0.2, 0.25) is 0 Å². The maximum absolute atomic E-state index is 11.1. The summed E-state index contributed by atoms with van der Waals surface area (Å²) >= 11 is 0. The zero-order valence-corrected chi connectivity index (χ0v) is 6.74. The number of hydrogen-bond donors (Lipinski definition) is 1. The summed E-state index contributed by atoms with van der Waals surface area (Å²) in [4.78, 5) is 21.0. The van der Waals surface area contributed by atoms with Gasteiger partial charge in [-0.05, 0) is 19.7 Å². The second-order valence-electron chi connectivity index (χ2n) is 2.23. The van der Waals surface area contributed by atoms with Crippen molar-refractivity contribution in [1.29, 1.82) is 0 Å². The van der Waals surface area contributed by atoms with Gasteiger partial charge in [0.1, 0.15) is 0 Å². The normalized spacial score (nSPS) is 10.4. The first-order valence-electron chi connectivity index (χ1n) is 3.42. The zero-order chi connectivity index (χ0) is 8.97. The van der Waals surface area contributed by atoms with E-state index in [1.807, 2.05) is 0 Å². The van der Waals surface area contributed by atoms with Crippen LogP contribution in [0.5, 0.6) is 0 Å². The summed E-state index contributed by atoms with van der Waals surface area (Å²) in [5.74, 6) is 0. The highest BCUT2D eigenvalue weighted by Gasteiger charge is 1.98. The quantitative estimate of drug-likeness (QED) is 0.654. The first-order chi connectivity index (χ1) is 5.75. The van der Waals surface area contributed by atoms with Crippen molar-refractivity contribution in [1.82, 2.24) is 9.97 Å². The van der Waals surface area contributed by atoms with E-state index in [4.69, 9.17) is 0 Å². The molecule has 0 aromatic carbocycles. The average molecular weight is 163 g/mol. The van der Waals surface area contributed by atoms with Gasteiger partial charge in [-0.3, -0.25) is 9.79 Å².